The molecule has 0 fully saturated rings. The number of sulfonamides is 1. The zero-order valence-corrected chi connectivity index (χ0v) is 18.3. The molecule has 0 radical (unpaired) electrons. The lowest BCUT2D eigenvalue weighted by Gasteiger charge is -2.24. The third-order valence-electron chi connectivity index (χ3n) is 4.51. The molecule has 0 aliphatic carbocycles. The van der Waals surface area contributed by atoms with Gasteiger partial charge in [0.25, 0.3) is 10.0 Å². The van der Waals surface area contributed by atoms with E-state index in [0.29, 0.717) is 11.4 Å². The van der Waals surface area contributed by atoms with Crippen LogP contribution in [0.3, 0.4) is 0 Å². The van der Waals surface area contributed by atoms with Gasteiger partial charge in [0.2, 0.25) is 11.8 Å². The molecule has 9 heteroatoms. The molecule has 166 valence electrons. The van der Waals surface area contributed by atoms with Crippen LogP contribution in [0.4, 0.5) is 21.5 Å². The molecule has 2 amide bonds. The minimum atomic E-state index is -4.22. The summed E-state index contributed by atoms with van der Waals surface area (Å²) in [6.07, 6.45) is 0. The minimum Gasteiger partial charge on any atom is -0.326 e. The molecule has 3 aromatic rings. The van der Waals surface area contributed by atoms with Gasteiger partial charge in [0.1, 0.15) is 12.4 Å². The molecule has 0 heterocycles. The van der Waals surface area contributed by atoms with E-state index in [2.05, 4.69) is 10.6 Å². The number of rotatable bonds is 7. The molecular formula is C23H22FN3O4S. The Hall–Kier alpha value is -3.72. The summed E-state index contributed by atoms with van der Waals surface area (Å²) in [5, 5.41) is 5.20. The molecule has 2 N–H and O–H groups in total. The molecule has 0 aliphatic heterocycles. The van der Waals surface area contributed by atoms with Gasteiger partial charge in [-0.15, -0.1) is 0 Å². The fourth-order valence-corrected chi connectivity index (χ4v) is 4.39. The number of amides is 2. The molecule has 32 heavy (non-hydrogen) atoms. The highest BCUT2D eigenvalue weighted by Gasteiger charge is 2.29. The van der Waals surface area contributed by atoms with Crippen molar-refractivity contribution >= 4 is 38.9 Å². The van der Waals surface area contributed by atoms with Crippen molar-refractivity contribution in [1.82, 2.24) is 0 Å². The van der Waals surface area contributed by atoms with Crippen LogP contribution in [0.25, 0.3) is 0 Å². The highest BCUT2D eigenvalue weighted by Crippen LogP contribution is 2.26. The standard InChI is InChI=1S/C23H22FN3O4S/c1-16-7-13-20(14-8-16)32(30,31)27(22-6-4-3-5-21(22)24)15-23(29)26-19-11-9-18(10-12-19)25-17(2)28/h3-14H,15H2,1-2H3,(H,25,28)(H,26,29). The van der Waals surface area contributed by atoms with E-state index in [1.807, 2.05) is 6.92 Å². The van der Waals surface area contributed by atoms with Crippen LogP contribution >= 0.6 is 0 Å². The normalized spacial score (nSPS) is 11.0. The number of benzene rings is 3. The average Bonchev–Trinajstić information content (AvgIpc) is 2.74. The first-order valence-corrected chi connectivity index (χ1v) is 11.1. The molecule has 0 atom stereocenters. The van der Waals surface area contributed by atoms with Crippen LogP contribution in [-0.4, -0.2) is 26.8 Å². The van der Waals surface area contributed by atoms with Gasteiger partial charge in [0.05, 0.1) is 10.6 Å². The van der Waals surface area contributed by atoms with Gasteiger partial charge in [-0.2, -0.15) is 0 Å². The highest BCUT2D eigenvalue weighted by atomic mass is 32.2. The molecule has 0 aromatic heterocycles. The lowest BCUT2D eigenvalue weighted by Crippen LogP contribution is -2.38. The van der Waals surface area contributed by atoms with Crippen molar-refractivity contribution < 1.29 is 22.4 Å². The Morgan fingerprint density at radius 1 is 0.875 bits per heavy atom. The van der Waals surface area contributed by atoms with Crippen LogP contribution in [0.5, 0.6) is 0 Å². The van der Waals surface area contributed by atoms with E-state index >= 15 is 0 Å². The number of nitrogens with zero attached hydrogens (tertiary/aromatic N) is 1. The van der Waals surface area contributed by atoms with Gasteiger partial charge >= 0.3 is 0 Å². The van der Waals surface area contributed by atoms with Gasteiger partial charge in [0.15, 0.2) is 0 Å². The van der Waals surface area contributed by atoms with Crippen LogP contribution in [0, 0.1) is 12.7 Å². The first-order valence-electron chi connectivity index (χ1n) is 9.68. The molecular weight excluding hydrogens is 433 g/mol. The Bertz CT molecular complexity index is 1230. The smallest absolute Gasteiger partial charge is 0.264 e. The van der Waals surface area contributed by atoms with E-state index in [9.17, 15) is 22.4 Å². The van der Waals surface area contributed by atoms with Gasteiger partial charge in [0, 0.05) is 18.3 Å². The predicted octanol–water partition coefficient (Wildman–Crippen LogP) is 3.93. The number of aryl methyl sites for hydroxylation is 1. The maximum atomic E-state index is 14.5. The summed E-state index contributed by atoms with van der Waals surface area (Å²) in [4.78, 5) is 23.8. The molecule has 7 nitrogen and oxygen atoms in total. The molecule has 0 spiro atoms. The monoisotopic (exact) mass is 455 g/mol. The number of hydrogen-bond donors (Lipinski definition) is 2. The largest absolute Gasteiger partial charge is 0.326 e. The van der Waals surface area contributed by atoms with E-state index < -0.39 is 28.3 Å². The molecule has 3 rings (SSSR count). The second-order valence-corrected chi connectivity index (χ2v) is 8.95. The quantitative estimate of drug-likeness (QED) is 0.564. The van der Waals surface area contributed by atoms with Crippen LogP contribution in [-0.2, 0) is 19.6 Å². The van der Waals surface area contributed by atoms with E-state index in [0.717, 1.165) is 15.9 Å². The fraction of sp³-hybridized carbons (Fsp3) is 0.130. The van der Waals surface area contributed by atoms with Crippen molar-refractivity contribution in [2.24, 2.45) is 0 Å². The fourth-order valence-electron chi connectivity index (χ4n) is 2.96. The maximum absolute atomic E-state index is 14.5. The van der Waals surface area contributed by atoms with Crippen LogP contribution in [0.2, 0.25) is 0 Å². The third-order valence-corrected chi connectivity index (χ3v) is 6.28. The molecule has 0 saturated carbocycles. The van der Waals surface area contributed by atoms with Crippen LogP contribution in [0.15, 0.2) is 77.7 Å². The van der Waals surface area contributed by atoms with Crippen molar-refractivity contribution in [1.29, 1.82) is 0 Å². The molecule has 0 saturated heterocycles. The summed E-state index contributed by atoms with van der Waals surface area (Å²) in [5.41, 5.74) is 1.57. The second-order valence-electron chi connectivity index (χ2n) is 7.08. The molecule has 0 unspecified atom stereocenters. The Labute approximate surface area is 185 Å². The topological polar surface area (TPSA) is 95.6 Å². The maximum Gasteiger partial charge on any atom is 0.264 e. The Morgan fingerprint density at radius 2 is 1.44 bits per heavy atom. The second kappa shape index (κ2) is 9.61. The number of carbonyl (C=O) groups excluding carboxylic acids is 2. The lowest BCUT2D eigenvalue weighted by atomic mass is 10.2. The van der Waals surface area contributed by atoms with Crippen molar-refractivity contribution in [3.05, 3.63) is 84.2 Å². The molecule has 0 bridgehead atoms. The summed E-state index contributed by atoms with van der Waals surface area (Å²) in [5.74, 6) is -1.66. The number of para-hydroxylation sites is 1. The SMILES string of the molecule is CC(=O)Nc1ccc(NC(=O)CN(c2ccccc2F)S(=O)(=O)c2ccc(C)cc2)cc1. The van der Waals surface area contributed by atoms with E-state index in [1.165, 1.54) is 37.3 Å². The van der Waals surface area contributed by atoms with Gasteiger partial charge in [-0.3, -0.25) is 13.9 Å². The minimum absolute atomic E-state index is 0.0567. The van der Waals surface area contributed by atoms with E-state index in [1.54, 1.807) is 36.4 Å². The van der Waals surface area contributed by atoms with Gasteiger partial charge in [-0.25, -0.2) is 12.8 Å². The third kappa shape index (κ3) is 5.50. The lowest BCUT2D eigenvalue weighted by molar-refractivity contribution is -0.115. The number of carbonyl (C=O) groups is 2. The van der Waals surface area contributed by atoms with E-state index in [4.69, 9.17) is 0 Å². The number of halogens is 1. The number of hydrogen-bond acceptors (Lipinski definition) is 4. The summed E-state index contributed by atoms with van der Waals surface area (Å²) < 4.78 is 41.8. The van der Waals surface area contributed by atoms with Gasteiger partial charge in [-0.05, 0) is 55.5 Å². The zero-order chi connectivity index (χ0) is 23.3. The summed E-state index contributed by atoms with van der Waals surface area (Å²) in [6, 6.07) is 17.8. The summed E-state index contributed by atoms with van der Waals surface area (Å²) in [7, 11) is -4.22. The van der Waals surface area contributed by atoms with Crippen molar-refractivity contribution in [3.63, 3.8) is 0 Å². The highest BCUT2D eigenvalue weighted by molar-refractivity contribution is 7.92. The Morgan fingerprint density at radius 3 is 2.00 bits per heavy atom. The van der Waals surface area contributed by atoms with Gasteiger partial charge < -0.3 is 10.6 Å². The van der Waals surface area contributed by atoms with E-state index in [-0.39, 0.29) is 16.5 Å². The Balaban J connectivity index is 1.87. The number of nitrogens with one attached hydrogen (secondary N) is 2. The molecule has 0 aliphatic rings. The Kier molecular flexibility index (Phi) is 6.89. The summed E-state index contributed by atoms with van der Waals surface area (Å²) >= 11 is 0. The number of anilines is 3. The predicted molar refractivity (Wildman–Crippen MR) is 121 cm³/mol. The van der Waals surface area contributed by atoms with Crippen molar-refractivity contribution in [2.75, 3.05) is 21.5 Å². The zero-order valence-electron chi connectivity index (χ0n) is 17.5. The van der Waals surface area contributed by atoms with Crippen LogP contribution in [0.1, 0.15) is 12.5 Å². The van der Waals surface area contributed by atoms with Crippen molar-refractivity contribution in [2.45, 2.75) is 18.7 Å². The van der Waals surface area contributed by atoms with Crippen LogP contribution < -0.4 is 14.9 Å². The first kappa shape index (κ1) is 23.0. The average molecular weight is 456 g/mol. The first-order chi connectivity index (χ1) is 15.2. The summed E-state index contributed by atoms with van der Waals surface area (Å²) in [6.45, 7) is 2.56. The van der Waals surface area contributed by atoms with Crippen molar-refractivity contribution in [3.8, 4) is 0 Å². The molecule has 3 aromatic carbocycles. The van der Waals surface area contributed by atoms with Gasteiger partial charge in [-0.1, -0.05) is 29.8 Å².